The molecular formula is C13H16N2O2. The van der Waals surface area contributed by atoms with Crippen molar-refractivity contribution >= 4 is 6.29 Å². The zero-order valence-corrected chi connectivity index (χ0v) is 10.4. The number of aromatic nitrogens is 2. The number of aldehydes is 1. The van der Waals surface area contributed by atoms with Crippen LogP contribution in [0.3, 0.4) is 0 Å². The van der Waals surface area contributed by atoms with Gasteiger partial charge in [0.15, 0.2) is 12.0 Å². The van der Waals surface area contributed by atoms with Gasteiger partial charge in [-0.3, -0.25) is 9.48 Å². The molecule has 0 aliphatic heterocycles. The molecule has 4 nitrogen and oxygen atoms in total. The fourth-order valence-corrected chi connectivity index (χ4v) is 2.14. The Balaban J connectivity index is 2.55. The SMILES string of the molecule is CCCn1nc(C)c(-c2ccoc2C=O)c1C. The van der Waals surface area contributed by atoms with Gasteiger partial charge in [0, 0.05) is 23.4 Å². The molecule has 2 rings (SSSR count). The molecule has 4 heteroatoms. The van der Waals surface area contributed by atoms with Crippen molar-refractivity contribution in [1.82, 2.24) is 9.78 Å². The number of carbonyl (C=O) groups is 1. The summed E-state index contributed by atoms with van der Waals surface area (Å²) in [6.07, 6.45) is 3.31. The lowest BCUT2D eigenvalue weighted by Crippen LogP contribution is -2.01. The van der Waals surface area contributed by atoms with Crippen LogP contribution in [0.15, 0.2) is 16.7 Å². The number of nitrogens with zero attached hydrogens (tertiary/aromatic N) is 2. The Hall–Kier alpha value is -1.84. The number of hydrogen-bond acceptors (Lipinski definition) is 3. The Bertz CT molecular complexity index is 538. The van der Waals surface area contributed by atoms with E-state index < -0.39 is 0 Å². The molecule has 0 unspecified atom stereocenters. The maximum Gasteiger partial charge on any atom is 0.185 e. The summed E-state index contributed by atoms with van der Waals surface area (Å²) in [5.41, 5.74) is 3.85. The summed E-state index contributed by atoms with van der Waals surface area (Å²) in [5.74, 6) is 0.368. The van der Waals surface area contributed by atoms with E-state index in [1.54, 1.807) is 0 Å². The van der Waals surface area contributed by atoms with Gasteiger partial charge in [0.25, 0.3) is 0 Å². The van der Waals surface area contributed by atoms with Gasteiger partial charge in [-0.25, -0.2) is 0 Å². The summed E-state index contributed by atoms with van der Waals surface area (Å²) in [6, 6.07) is 1.82. The topological polar surface area (TPSA) is 48.0 Å². The van der Waals surface area contributed by atoms with E-state index in [1.807, 2.05) is 24.6 Å². The van der Waals surface area contributed by atoms with Crippen molar-refractivity contribution in [3.8, 4) is 11.1 Å². The number of rotatable bonds is 4. The quantitative estimate of drug-likeness (QED) is 0.761. The first-order chi connectivity index (χ1) is 8.19. The summed E-state index contributed by atoms with van der Waals surface area (Å²) in [5, 5.41) is 4.49. The molecule has 2 aromatic rings. The summed E-state index contributed by atoms with van der Waals surface area (Å²) in [6.45, 7) is 6.98. The number of hydrogen-bond donors (Lipinski definition) is 0. The van der Waals surface area contributed by atoms with Crippen LogP contribution in [0.1, 0.15) is 35.3 Å². The third-order valence-corrected chi connectivity index (χ3v) is 2.89. The first-order valence-electron chi connectivity index (χ1n) is 5.76. The van der Waals surface area contributed by atoms with Crippen LogP contribution in [0.25, 0.3) is 11.1 Å². The Morgan fingerprint density at radius 3 is 2.88 bits per heavy atom. The molecule has 2 aromatic heterocycles. The first-order valence-corrected chi connectivity index (χ1v) is 5.76. The zero-order chi connectivity index (χ0) is 12.4. The molecular weight excluding hydrogens is 216 g/mol. The van der Waals surface area contributed by atoms with E-state index in [-0.39, 0.29) is 0 Å². The van der Waals surface area contributed by atoms with Gasteiger partial charge in [-0.2, -0.15) is 5.10 Å². The van der Waals surface area contributed by atoms with Crippen molar-refractivity contribution in [3.63, 3.8) is 0 Å². The molecule has 0 saturated heterocycles. The van der Waals surface area contributed by atoms with Gasteiger partial charge in [-0.15, -0.1) is 0 Å². The van der Waals surface area contributed by atoms with Crippen molar-refractivity contribution in [2.45, 2.75) is 33.7 Å². The van der Waals surface area contributed by atoms with Gasteiger partial charge >= 0.3 is 0 Å². The van der Waals surface area contributed by atoms with Crippen LogP contribution in [0.4, 0.5) is 0 Å². The van der Waals surface area contributed by atoms with Crippen molar-refractivity contribution in [2.24, 2.45) is 0 Å². The van der Waals surface area contributed by atoms with Gasteiger partial charge in [0.05, 0.1) is 12.0 Å². The maximum absolute atomic E-state index is 10.9. The van der Waals surface area contributed by atoms with Gasteiger partial charge in [0.1, 0.15) is 0 Å². The molecule has 0 radical (unpaired) electrons. The monoisotopic (exact) mass is 232 g/mol. The number of aryl methyl sites for hydroxylation is 2. The highest BCUT2D eigenvalue weighted by Gasteiger charge is 2.17. The van der Waals surface area contributed by atoms with Gasteiger partial charge in [-0.05, 0) is 26.3 Å². The second-order valence-corrected chi connectivity index (χ2v) is 4.09. The second-order valence-electron chi connectivity index (χ2n) is 4.09. The summed E-state index contributed by atoms with van der Waals surface area (Å²) >= 11 is 0. The highest BCUT2D eigenvalue weighted by molar-refractivity contribution is 5.85. The summed E-state index contributed by atoms with van der Waals surface area (Å²) in [4.78, 5) is 10.9. The smallest absolute Gasteiger partial charge is 0.185 e. The van der Waals surface area contributed by atoms with E-state index in [9.17, 15) is 4.79 Å². The lowest BCUT2D eigenvalue weighted by molar-refractivity contribution is 0.110. The van der Waals surface area contributed by atoms with Crippen molar-refractivity contribution in [3.05, 3.63) is 29.5 Å². The summed E-state index contributed by atoms with van der Waals surface area (Å²) < 4.78 is 7.12. The van der Waals surface area contributed by atoms with Crippen LogP contribution in [-0.4, -0.2) is 16.1 Å². The standard InChI is InChI=1S/C13H16N2O2/c1-4-6-15-10(3)13(9(2)14-15)11-5-7-17-12(11)8-16/h5,7-8H,4,6H2,1-3H3. The van der Waals surface area contributed by atoms with Crippen LogP contribution in [-0.2, 0) is 6.54 Å². The Labute approximate surface area is 100 Å². The Morgan fingerprint density at radius 2 is 2.24 bits per heavy atom. The summed E-state index contributed by atoms with van der Waals surface area (Å²) in [7, 11) is 0. The van der Waals surface area contributed by atoms with Crippen molar-refractivity contribution in [1.29, 1.82) is 0 Å². The van der Waals surface area contributed by atoms with Crippen molar-refractivity contribution < 1.29 is 9.21 Å². The first kappa shape index (κ1) is 11.6. The lowest BCUT2D eigenvalue weighted by atomic mass is 10.0. The van der Waals surface area contributed by atoms with E-state index in [4.69, 9.17) is 4.42 Å². The third-order valence-electron chi connectivity index (χ3n) is 2.89. The van der Waals surface area contributed by atoms with E-state index in [0.717, 1.165) is 41.8 Å². The highest BCUT2D eigenvalue weighted by atomic mass is 16.3. The van der Waals surface area contributed by atoms with Crippen LogP contribution < -0.4 is 0 Å². The van der Waals surface area contributed by atoms with Crippen molar-refractivity contribution in [2.75, 3.05) is 0 Å². The molecule has 0 aliphatic carbocycles. The molecule has 0 spiro atoms. The molecule has 0 bridgehead atoms. The van der Waals surface area contributed by atoms with Crippen LogP contribution in [0, 0.1) is 13.8 Å². The lowest BCUT2D eigenvalue weighted by Gasteiger charge is -2.02. The molecule has 0 atom stereocenters. The highest BCUT2D eigenvalue weighted by Crippen LogP contribution is 2.30. The molecule has 2 heterocycles. The zero-order valence-electron chi connectivity index (χ0n) is 10.4. The van der Waals surface area contributed by atoms with Gasteiger partial charge < -0.3 is 4.42 Å². The predicted octanol–water partition coefficient (Wildman–Crippen LogP) is 2.98. The predicted molar refractivity (Wildman–Crippen MR) is 65.1 cm³/mol. The molecule has 0 amide bonds. The average molecular weight is 232 g/mol. The molecule has 0 saturated carbocycles. The minimum absolute atomic E-state index is 0.368. The van der Waals surface area contributed by atoms with Gasteiger partial charge in [-0.1, -0.05) is 6.92 Å². The Kier molecular flexibility index (Phi) is 3.13. The van der Waals surface area contributed by atoms with Gasteiger partial charge in [0.2, 0.25) is 0 Å². The fourth-order valence-electron chi connectivity index (χ4n) is 2.14. The number of carbonyl (C=O) groups excluding carboxylic acids is 1. The van der Waals surface area contributed by atoms with E-state index >= 15 is 0 Å². The normalized spacial score (nSPS) is 10.8. The third kappa shape index (κ3) is 1.90. The molecule has 0 N–H and O–H groups in total. The van der Waals surface area contributed by atoms with Crippen LogP contribution in [0.2, 0.25) is 0 Å². The van der Waals surface area contributed by atoms with Crippen LogP contribution >= 0.6 is 0 Å². The minimum Gasteiger partial charge on any atom is -0.461 e. The molecule has 0 aromatic carbocycles. The molecule has 90 valence electrons. The molecule has 17 heavy (non-hydrogen) atoms. The van der Waals surface area contributed by atoms with E-state index in [0.29, 0.717) is 5.76 Å². The second kappa shape index (κ2) is 4.57. The van der Waals surface area contributed by atoms with E-state index in [1.165, 1.54) is 6.26 Å². The molecule has 0 fully saturated rings. The maximum atomic E-state index is 10.9. The minimum atomic E-state index is 0.368. The fraction of sp³-hybridized carbons (Fsp3) is 0.385. The average Bonchev–Trinajstić information content (AvgIpc) is 2.85. The number of furan rings is 1. The largest absolute Gasteiger partial charge is 0.461 e. The van der Waals surface area contributed by atoms with E-state index in [2.05, 4.69) is 12.0 Å². The Morgan fingerprint density at radius 1 is 1.47 bits per heavy atom. The molecule has 0 aliphatic rings. The van der Waals surface area contributed by atoms with Crippen LogP contribution in [0.5, 0.6) is 0 Å².